The van der Waals surface area contributed by atoms with E-state index >= 15 is 4.39 Å². The molecule has 2 aromatic rings. The first kappa shape index (κ1) is 35.2. The molecular weight excluding hydrogens is 579 g/mol. The Bertz CT molecular complexity index is 1360. The summed E-state index contributed by atoms with van der Waals surface area (Å²) >= 11 is 0. The Balaban J connectivity index is 1.71. The number of carbonyl (C=O) groups excluding carboxylic acids is 1. The highest BCUT2D eigenvalue weighted by Gasteiger charge is 2.47. The van der Waals surface area contributed by atoms with Crippen molar-refractivity contribution in [1.82, 2.24) is 4.98 Å². The van der Waals surface area contributed by atoms with Crippen molar-refractivity contribution in [2.24, 2.45) is 21.1 Å². The van der Waals surface area contributed by atoms with Crippen LogP contribution in [0.4, 0.5) is 4.39 Å². The van der Waals surface area contributed by atoms with Crippen molar-refractivity contribution in [3.63, 3.8) is 0 Å². The normalized spacial score (nSPS) is 15.6. The predicted octanol–water partition coefficient (Wildman–Crippen LogP) is 6.89. The van der Waals surface area contributed by atoms with Gasteiger partial charge in [0.25, 0.3) is 0 Å². The Morgan fingerprint density at radius 1 is 1.18 bits per heavy atom. The number of nitrogens with two attached hydrogens (primary N) is 1. The minimum Gasteiger partial charge on any atom is -0.476 e. The molecule has 1 heterocycles. The van der Waals surface area contributed by atoms with Crippen LogP contribution in [-0.2, 0) is 19.0 Å². The second kappa shape index (κ2) is 14.6. The summed E-state index contributed by atoms with van der Waals surface area (Å²) in [5.41, 5.74) is 7.33. The van der Waals surface area contributed by atoms with Gasteiger partial charge in [0.2, 0.25) is 5.88 Å². The molecule has 0 bridgehead atoms. The van der Waals surface area contributed by atoms with Crippen LogP contribution in [0.1, 0.15) is 65.0 Å². The van der Waals surface area contributed by atoms with E-state index in [-0.39, 0.29) is 42.8 Å². The second-order valence-corrected chi connectivity index (χ2v) is 19.5. The quantitative estimate of drug-likeness (QED) is 0.0895. The molecule has 0 aliphatic heterocycles. The fourth-order valence-electron chi connectivity index (χ4n) is 4.43. The van der Waals surface area contributed by atoms with Gasteiger partial charge in [0, 0.05) is 32.5 Å². The van der Waals surface area contributed by atoms with Crippen LogP contribution in [0.3, 0.4) is 0 Å². The molecule has 44 heavy (non-hydrogen) atoms. The Kier molecular flexibility index (Phi) is 11.7. The lowest BCUT2D eigenvalue weighted by Crippen LogP contribution is -2.46. The number of nitrogens with zero attached hydrogens (tertiary/aromatic N) is 3. The molecule has 9 nitrogen and oxygen atoms in total. The van der Waals surface area contributed by atoms with Crippen LogP contribution in [0.2, 0.25) is 25.7 Å². The zero-order chi connectivity index (χ0) is 32.7. The zero-order valence-corrected chi connectivity index (χ0v) is 28.8. The third-order valence-corrected chi connectivity index (χ3v) is 8.83. The van der Waals surface area contributed by atoms with Gasteiger partial charge < -0.3 is 24.7 Å². The van der Waals surface area contributed by atoms with Crippen molar-refractivity contribution in [3.05, 3.63) is 47.4 Å². The molecule has 0 unspecified atom stereocenters. The minimum absolute atomic E-state index is 0.0416. The number of carbonyl (C=O) groups is 1. The largest absolute Gasteiger partial charge is 0.476 e. The van der Waals surface area contributed by atoms with Crippen molar-refractivity contribution in [1.29, 1.82) is 0 Å². The first-order valence-electron chi connectivity index (χ1n) is 15.2. The second-order valence-electron chi connectivity index (χ2n) is 13.9. The molecule has 1 aliphatic carbocycles. The molecule has 1 aromatic carbocycles. The van der Waals surface area contributed by atoms with E-state index in [1.54, 1.807) is 24.4 Å². The SMILES string of the molecule is Cc1cc(OCC2(C(=O)OC(C)(C)C)CCC2)ncc1-c1ccc(C(N)=NC(=NCOCC[Si](C)(C)C)OC(C)C)c(F)c1. The maximum Gasteiger partial charge on any atom is 0.316 e. The summed E-state index contributed by atoms with van der Waals surface area (Å²) in [5.74, 6) is -0.425. The van der Waals surface area contributed by atoms with Gasteiger partial charge in [0.05, 0.1) is 11.7 Å². The standard InChI is InChI=1S/C33H49FN4O5Si/c1-22(2)42-31(37-21-40-15-16-44(7,8)9)38-29(35)25-12-11-24(18-27(25)34)26-19-36-28(17-23(26)3)41-20-33(13-10-14-33)30(39)43-32(4,5)6/h11-12,17-19,22H,10,13-16,20-21H2,1-9H3,(H2,35,37,38). The predicted molar refractivity (Wildman–Crippen MR) is 175 cm³/mol. The molecule has 0 atom stereocenters. The zero-order valence-electron chi connectivity index (χ0n) is 27.8. The summed E-state index contributed by atoms with van der Waals surface area (Å²) in [6.45, 7) is 18.9. The number of hydrogen-bond donors (Lipinski definition) is 1. The van der Waals surface area contributed by atoms with E-state index in [4.69, 9.17) is 24.7 Å². The first-order chi connectivity index (χ1) is 20.5. The number of ether oxygens (including phenoxy) is 4. The van der Waals surface area contributed by atoms with Gasteiger partial charge in [0.1, 0.15) is 36.0 Å². The van der Waals surface area contributed by atoms with Crippen molar-refractivity contribution in [3.8, 4) is 17.0 Å². The number of halogens is 1. The average molecular weight is 629 g/mol. The van der Waals surface area contributed by atoms with E-state index in [0.29, 0.717) is 18.1 Å². The van der Waals surface area contributed by atoms with E-state index in [1.807, 2.05) is 41.5 Å². The lowest BCUT2D eigenvalue weighted by molar-refractivity contribution is -0.176. The molecule has 3 rings (SSSR count). The lowest BCUT2D eigenvalue weighted by atomic mass is 9.69. The van der Waals surface area contributed by atoms with Crippen LogP contribution in [0.15, 0.2) is 40.4 Å². The fourth-order valence-corrected chi connectivity index (χ4v) is 5.18. The van der Waals surface area contributed by atoms with Crippen LogP contribution in [-0.4, -0.2) is 62.5 Å². The van der Waals surface area contributed by atoms with Crippen molar-refractivity contribution in [2.45, 2.75) is 98.2 Å². The Morgan fingerprint density at radius 2 is 1.89 bits per heavy atom. The van der Waals surface area contributed by atoms with E-state index < -0.39 is 24.9 Å². The molecule has 1 fully saturated rings. The third-order valence-electron chi connectivity index (χ3n) is 7.13. The van der Waals surface area contributed by atoms with E-state index in [1.165, 1.54) is 6.07 Å². The highest BCUT2D eigenvalue weighted by atomic mass is 28.3. The van der Waals surface area contributed by atoms with Gasteiger partial charge in [-0.05, 0) is 83.7 Å². The van der Waals surface area contributed by atoms with Gasteiger partial charge in [-0.2, -0.15) is 4.99 Å². The van der Waals surface area contributed by atoms with Gasteiger partial charge in [-0.3, -0.25) is 4.79 Å². The van der Waals surface area contributed by atoms with Crippen LogP contribution in [0, 0.1) is 18.2 Å². The van der Waals surface area contributed by atoms with Crippen molar-refractivity contribution >= 4 is 25.9 Å². The van der Waals surface area contributed by atoms with Crippen LogP contribution in [0.25, 0.3) is 11.1 Å². The van der Waals surface area contributed by atoms with Crippen LogP contribution >= 0.6 is 0 Å². The summed E-state index contributed by atoms with van der Waals surface area (Å²) in [4.78, 5) is 25.8. The third kappa shape index (κ3) is 10.4. The summed E-state index contributed by atoms with van der Waals surface area (Å²) in [6, 6.07) is 7.58. The topological polar surface area (TPSA) is 118 Å². The number of amidine groups is 2. The molecule has 2 N–H and O–H groups in total. The molecule has 11 heteroatoms. The number of aryl methyl sites for hydroxylation is 1. The molecule has 0 spiro atoms. The summed E-state index contributed by atoms with van der Waals surface area (Å²) in [5, 5.41) is 0. The molecule has 0 saturated heterocycles. The number of aromatic nitrogens is 1. The molecule has 242 valence electrons. The van der Waals surface area contributed by atoms with Gasteiger partial charge in [0.15, 0.2) is 0 Å². The number of esters is 1. The Hall–Kier alpha value is -3.31. The number of pyridine rings is 1. The molecule has 1 saturated carbocycles. The molecule has 1 aromatic heterocycles. The number of rotatable bonds is 12. The van der Waals surface area contributed by atoms with Gasteiger partial charge in [-0.25, -0.2) is 14.4 Å². The van der Waals surface area contributed by atoms with Gasteiger partial charge >= 0.3 is 12.0 Å². The smallest absolute Gasteiger partial charge is 0.316 e. The highest BCUT2D eigenvalue weighted by molar-refractivity contribution is 6.76. The maximum absolute atomic E-state index is 15.3. The molecule has 1 aliphatic rings. The Morgan fingerprint density at radius 3 is 2.43 bits per heavy atom. The molecule has 0 radical (unpaired) electrons. The minimum atomic E-state index is -1.21. The number of aliphatic imine (C=N–C) groups is 2. The van der Waals surface area contributed by atoms with Crippen molar-refractivity contribution < 1.29 is 28.1 Å². The summed E-state index contributed by atoms with van der Waals surface area (Å²) in [7, 11) is -1.21. The fraction of sp³-hybridized carbons (Fsp3) is 0.576. The molecule has 0 amide bonds. The number of hydrogen-bond acceptors (Lipinski definition) is 7. The number of benzene rings is 1. The Labute approximate surface area is 262 Å². The van der Waals surface area contributed by atoms with Crippen LogP contribution < -0.4 is 10.5 Å². The van der Waals surface area contributed by atoms with Gasteiger partial charge in [-0.15, -0.1) is 0 Å². The van der Waals surface area contributed by atoms with E-state index in [0.717, 1.165) is 36.4 Å². The molecular formula is C33H49FN4O5Si. The van der Waals surface area contributed by atoms with E-state index in [2.05, 4.69) is 34.6 Å². The van der Waals surface area contributed by atoms with Gasteiger partial charge in [-0.1, -0.05) is 32.1 Å². The first-order valence-corrected chi connectivity index (χ1v) is 18.9. The van der Waals surface area contributed by atoms with Crippen molar-refractivity contribution in [2.75, 3.05) is 19.9 Å². The maximum atomic E-state index is 15.3. The summed E-state index contributed by atoms with van der Waals surface area (Å²) < 4.78 is 38.2. The van der Waals surface area contributed by atoms with Crippen LogP contribution in [0.5, 0.6) is 5.88 Å². The summed E-state index contributed by atoms with van der Waals surface area (Å²) in [6.07, 6.45) is 3.84. The lowest BCUT2D eigenvalue weighted by Gasteiger charge is -2.40. The van der Waals surface area contributed by atoms with E-state index in [9.17, 15) is 4.79 Å². The highest BCUT2D eigenvalue weighted by Crippen LogP contribution is 2.43. The monoisotopic (exact) mass is 628 g/mol. The average Bonchev–Trinajstić information content (AvgIpc) is 2.85.